The average molecular weight is 446 g/mol. The van der Waals surface area contributed by atoms with E-state index in [4.69, 9.17) is 11.6 Å². The van der Waals surface area contributed by atoms with E-state index >= 15 is 0 Å². The molecule has 7 heteroatoms. The Kier molecular flexibility index (Phi) is 6.05. The van der Waals surface area contributed by atoms with E-state index in [1.165, 1.54) is 22.9 Å². The normalized spacial score (nSPS) is 10.7. The third kappa shape index (κ3) is 4.13. The monoisotopic (exact) mass is 445 g/mol. The van der Waals surface area contributed by atoms with Gasteiger partial charge in [0.15, 0.2) is 0 Å². The van der Waals surface area contributed by atoms with E-state index < -0.39 is 11.5 Å². The summed E-state index contributed by atoms with van der Waals surface area (Å²) in [6.45, 7) is 2.08. The van der Waals surface area contributed by atoms with Crippen molar-refractivity contribution in [2.45, 2.75) is 13.5 Å². The third-order valence-electron chi connectivity index (χ3n) is 5.00. The Balaban J connectivity index is 1.99. The summed E-state index contributed by atoms with van der Waals surface area (Å²) in [5.74, 6) is -0.814. The summed E-state index contributed by atoms with van der Waals surface area (Å²) in [6.07, 6.45) is 0. The van der Waals surface area contributed by atoms with E-state index in [1.807, 2.05) is 60.7 Å². The van der Waals surface area contributed by atoms with Crippen LogP contribution in [0.5, 0.6) is 5.75 Å². The van der Waals surface area contributed by atoms with Crippen LogP contribution in [-0.4, -0.2) is 20.8 Å². The van der Waals surface area contributed by atoms with E-state index in [0.717, 1.165) is 5.56 Å². The van der Waals surface area contributed by atoms with Crippen molar-refractivity contribution in [2.75, 3.05) is 5.32 Å². The predicted octanol–water partition coefficient (Wildman–Crippen LogP) is 5.21. The number of nitrogens with zero attached hydrogens (tertiary/aromatic N) is 2. The molecule has 0 radical (unpaired) electrons. The minimum absolute atomic E-state index is 0.0636. The third-order valence-corrected chi connectivity index (χ3v) is 5.23. The van der Waals surface area contributed by atoms with Gasteiger partial charge in [-0.1, -0.05) is 72.3 Å². The Morgan fingerprint density at radius 3 is 2.25 bits per heavy atom. The summed E-state index contributed by atoms with van der Waals surface area (Å²) in [5.41, 5.74) is 1.91. The Hall–Kier alpha value is -3.90. The van der Waals surface area contributed by atoms with Crippen molar-refractivity contribution >= 4 is 23.2 Å². The minimum Gasteiger partial charge on any atom is -0.506 e. The van der Waals surface area contributed by atoms with Crippen molar-refractivity contribution in [3.8, 4) is 28.1 Å². The molecule has 0 atom stereocenters. The maximum absolute atomic E-state index is 13.4. The van der Waals surface area contributed by atoms with Crippen LogP contribution in [0.4, 0.5) is 5.69 Å². The first-order valence-electron chi connectivity index (χ1n) is 10.1. The molecule has 0 bridgehead atoms. The molecule has 4 aromatic rings. The van der Waals surface area contributed by atoms with Gasteiger partial charge in [-0.2, -0.15) is 5.10 Å². The van der Waals surface area contributed by atoms with E-state index in [1.54, 1.807) is 6.92 Å². The van der Waals surface area contributed by atoms with Gasteiger partial charge in [0.25, 0.3) is 11.5 Å². The smallest absolute Gasteiger partial charge is 0.280 e. The predicted molar refractivity (Wildman–Crippen MR) is 126 cm³/mol. The first-order chi connectivity index (χ1) is 15.5. The lowest BCUT2D eigenvalue weighted by Gasteiger charge is -2.17. The van der Waals surface area contributed by atoms with Gasteiger partial charge in [0.1, 0.15) is 11.3 Å². The molecular weight excluding hydrogens is 426 g/mol. The summed E-state index contributed by atoms with van der Waals surface area (Å²) in [4.78, 5) is 26.8. The molecule has 3 aromatic carbocycles. The number of aromatic nitrogens is 2. The maximum Gasteiger partial charge on any atom is 0.280 e. The van der Waals surface area contributed by atoms with Crippen molar-refractivity contribution < 1.29 is 9.90 Å². The van der Waals surface area contributed by atoms with Gasteiger partial charge in [-0.25, -0.2) is 4.68 Å². The van der Waals surface area contributed by atoms with Crippen LogP contribution in [0.15, 0.2) is 83.7 Å². The highest BCUT2D eigenvalue weighted by Gasteiger charge is 2.25. The number of anilines is 1. The highest BCUT2D eigenvalue weighted by Crippen LogP contribution is 2.33. The minimum atomic E-state index is -0.659. The number of hydrogen-bond acceptors (Lipinski definition) is 4. The van der Waals surface area contributed by atoms with Gasteiger partial charge in [0.05, 0.1) is 11.4 Å². The number of nitrogens with one attached hydrogen (secondary N) is 1. The van der Waals surface area contributed by atoms with Gasteiger partial charge in [0, 0.05) is 22.7 Å². The summed E-state index contributed by atoms with van der Waals surface area (Å²) < 4.78 is 1.27. The number of rotatable bonds is 5. The molecule has 0 spiro atoms. The number of phenols is 1. The molecule has 0 aliphatic rings. The van der Waals surface area contributed by atoms with Crippen LogP contribution in [0.1, 0.15) is 17.3 Å². The van der Waals surface area contributed by atoms with Crippen molar-refractivity contribution in [3.63, 3.8) is 0 Å². The molecule has 1 heterocycles. The van der Waals surface area contributed by atoms with Crippen LogP contribution < -0.4 is 10.9 Å². The lowest BCUT2D eigenvalue weighted by molar-refractivity contribution is 0.102. The molecule has 160 valence electrons. The molecule has 1 amide bonds. The van der Waals surface area contributed by atoms with Crippen LogP contribution in [0.25, 0.3) is 22.4 Å². The number of carbonyl (C=O) groups excluding carboxylic acids is 1. The number of benzene rings is 3. The van der Waals surface area contributed by atoms with E-state index in [2.05, 4.69) is 10.4 Å². The number of halogens is 1. The van der Waals surface area contributed by atoms with Crippen molar-refractivity contribution in [2.24, 2.45) is 0 Å². The topological polar surface area (TPSA) is 84.2 Å². The fraction of sp³-hybridized carbons (Fsp3) is 0.0800. The van der Waals surface area contributed by atoms with Crippen molar-refractivity contribution in [3.05, 3.63) is 99.8 Å². The second kappa shape index (κ2) is 9.08. The summed E-state index contributed by atoms with van der Waals surface area (Å²) in [6, 6.07) is 22.9. The van der Waals surface area contributed by atoms with Crippen LogP contribution in [-0.2, 0) is 6.54 Å². The number of hydrogen-bond donors (Lipinski definition) is 2. The van der Waals surface area contributed by atoms with E-state index in [0.29, 0.717) is 21.8 Å². The number of carbonyl (C=O) groups is 1. The van der Waals surface area contributed by atoms with E-state index in [9.17, 15) is 14.7 Å². The molecule has 0 aliphatic heterocycles. The molecule has 4 rings (SSSR count). The van der Waals surface area contributed by atoms with Gasteiger partial charge in [-0.05, 0) is 30.7 Å². The summed E-state index contributed by atoms with van der Waals surface area (Å²) >= 11 is 6.02. The van der Waals surface area contributed by atoms with Crippen LogP contribution in [0, 0.1) is 0 Å². The fourth-order valence-corrected chi connectivity index (χ4v) is 3.64. The molecule has 0 fully saturated rings. The molecule has 0 saturated carbocycles. The number of phenolic OH excluding ortho intramolecular Hbond substituents is 1. The average Bonchev–Trinajstić information content (AvgIpc) is 2.82. The van der Waals surface area contributed by atoms with Gasteiger partial charge in [-0.15, -0.1) is 0 Å². The van der Waals surface area contributed by atoms with Gasteiger partial charge in [0.2, 0.25) is 0 Å². The summed E-state index contributed by atoms with van der Waals surface area (Å²) in [5, 5.41) is 17.7. The highest BCUT2D eigenvalue weighted by atomic mass is 35.5. The molecule has 6 nitrogen and oxygen atoms in total. The summed E-state index contributed by atoms with van der Waals surface area (Å²) in [7, 11) is 0. The van der Waals surface area contributed by atoms with Gasteiger partial charge >= 0.3 is 0 Å². The highest BCUT2D eigenvalue weighted by molar-refractivity contribution is 6.31. The molecular formula is C25H20ClN3O3. The van der Waals surface area contributed by atoms with Crippen molar-refractivity contribution in [1.82, 2.24) is 9.78 Å². The Morgan fingerprint density at radius 1 is 1.00 bits per heavy atom. The SMILES string of the molecule is CCn1nc(-c2ccccc2)c(-c2ccccc2)c(C(=O)Nc2cc(Cl)ccc2O)c1=O. The second-order valence-electron chi connectivity index (χ2n) is 7.07. The first-order valence-corrected chi connectivity index (χ1v) is 10.4. The van der Waals surface area contributed by atoms with Crippen LogP contribution in [0.3, 0.4) is 0 Å². The Morgan fingerprint density at radius 2 is 1.62 bits per heavy atom. The van der Waals surface area contributed by atoms with Crippen molar-refractivity contribution in [1.29, 1.82) is 0 Å². The molecule has 32 heavy (non-hydrogen) atoms. The van der Waals surface area contributed by atoms with Gasteiger partial charge < -0.3 is 10.4 Å². The lowest BCUT2D eigenvalue weighted by Crippen LogP contribution is -2.32. The van der Waals surface area contributed by atoms with E-state index in [-0.39, 0.29) is 23.5 Å². The number of amides is 1. The number of aryl methyl sites for hydroxylation is 1. The Labute approximate surface area is 189 Å². The molecule has 2 N–H and O–H groups in total. The molecule has 0 unspecified atom stereocenters. The Bertz CT molecular complexity index is 1340. The second-order valence-corrected chi connectivity index (χ2v) is 7.50. The largest absolute Gasteiger partial charge is 0.506 e. The first kappa shape index (κ1) is 21.3. The van der Waals surface area contributed by atoms with Gasteiger partial charge in [-0.3, -0.25) is 9.59 Å². The molecule has 1 aromatic heterocycles. The fourth-order valence-electron chi connectivity index (χ4n) is 3.47. The quantitative estimate of drug-likeness (QED) is 0.413. The standard InChI is InChI=1S/C25H20ClN3O3/c1-2-29-25(32)22(24(31)27-19-15-18(26)13-14-20(19)30)21(16-9-5-3-6-10-16)23(28-29)17-11-7-4-8-12-17/h3-15,30H,2H2,1H3,(H,27,31). The van der Waals surface area contributed by atoms with Crippen LogP contribution >= 0.6 is 11.6 Å². The lowest BCUT2D eigenvalue weighted by atomic mass is 9.95. The number of aromatic hydroxyl groups is 1. The maximum atomic E-state index is 13.4. The zero-order valence-corrected chi connectivity index (χ0v) is 18.0. The van der Waals surface area contributed by atoms with Crippen LogP contribution in [0.2, 0.25) is 5.02 Å². The zero-order valence-electron chi connectivity index (χ0n) is 17.2. The molecule has 0 aliphatic carbocycles. The zero-order chi connectivity index (χ0) is 22.7. The molecule has 0 saturated heterocycles.